The lowest BCUT2D eigenvalue weighted by molar-refractivity contribution is 1.21. The molecule has 0 N–H and O–H groups in total. The van der Waals surface area contributed by atoms with Gasteiger partial charge in [-0.1, -0.05) is 69.3 Å². The summed E-state index contributed by atoms with van der Waals surface area (Å²) in [4.78, 5) is 0. The van der Waals surface area contributed by atoms with Gasteiger partial charge in [0.25, 0.3) is 0 Å². The molecule has 1 rings (SSSR count). The molecule has 0 spiro atoms. The van der Waals surface area contributed by atoms with Crippen LogP contribution in [0.15, 0.2) is 46.4 Å². The standard InChI is InChI=1S/C12H12Br2/c1-9(13)7-11-3-5-12(6-4-11)8-10(2)14/h3-6H,1-2,7-8H2. The summed E-state index contributed by atoms with van der Waals surface area (Å²) in [7, 11) is 0. The Labute approximate surface area is 102 Å². The molecule has 0 aliphatic rings. The summed E-state index contributed by atoms with van der Waals surface area (Å²) >= 11 is 6.71. The topological polar surface area (TPSA) is 0 Å². The molecular formula is C12H12Br2. The Bertz CT molecular complexity index is 301. The first-order valence-corrected chi connectivity index (χ1v) is 5.91. The third-order valence-electron chi connectivity index (χ3n) is 1.81. The van der Waals surface area contributed by atoms with Gasteiger partial charge < -0.3 is 0 Å². The molecule has 0 amide bonds. The maximum absolute atomic E-state index is 3.82. The van der Waals surface area contributed by atoms with Gasteiger partial charge in [-0.2, -0.15) is 0 Å². The molecule has 0 aliphatic carbocycles. The second kappa shape index (κ2) is 5.52. The average Bonchev–Trinajstić information content (AvgIpc) is 2.06. The van der Waals surface area contributed by atoms with Crippen LogP contribution in [0.4, 0.5) is 0 Å². The van der Waals surface area contributed by atoms with E-state index >= 15 is 0 Å². The highest BCUT2D eigenvalue weighted by Gasteiger charge is 1.96. The fourth-order valence-electron chi connectivity index (χ4n) is 1.22. The van der Waals surface area contributed by atoms with Gasteiger partial charge in [0.05, 0.1) is 0 Å². The number of halogens is 2. The highest BCUT2D eigenvalue weighted by Crippen LogP contribution is 2.15. The summed E-state index contributed by atoms with van der Waals surface area (Å²) in [6.45, 7) is 7.63. The minimum atomic E-state index is 0.884. The normalized spacial score (nSPS) is 9.86. The largest absolute Gasteiger partial charge is 0.0885 e. The molecule has 1 aromatic carbocycles. The minimum Gasteiger partial charge on any atom is -0.0885 e. The summed E-state index contributed by atoms with van der Waals surface area (Å²) in [5.41, 5.74) is 2.55. The van der Waals surface area contributed by atoms with Crippen molar-refractivity contribution in [3.63, 3.8) is 0 Å². The van der Waals surface area contributed by atoms with E-state index in [1.54, 1.807) is 0 Å². The number of rotatable bonds is 4. The van der Waals surface area contributed by atoms with Crippen LogP contribution in [0.2, 0.25) is 0 Å². The molecule has 0 fully saturated rings. The highest BCUT2D eigenvalue weighted by atomic mass is 79.9. The van der Waals surface area contributed by atoms with Crippen molar-refractivity contribution in [2.45, 2.75) is 12.8 Å². The fourth-order valence-corrected chi connectivity index (χ4v) is 1.87. The quantitative estimate of drug-likeness (QED) is 0.762. The van der Waals surface area contributed by atoms with Gasteiger partial charge in [-0.05, 0) is 20.1 Å². The molecule has 2 heteroatoms. The first-order valence-electron chi connectivity index (χ1n) is 4.32. The van der Waals surface area contributed by atoms with Crippen molar-refractivity contribution in [2.24, 2.45) is 0 Å². The van der Waals surface area contributed by atoms with E-state index in [9.17, 15) is 0 Å². The van der Waals surface area contributed by atoms with E-state index in [0.717, 1.165) is 21.8 Å². The molecule has 0 nitrogen and oxygen atoms in total. The van der Waals surface area contributed by atoms with E-state index in [4.69, 9.17) is 0 Å². The van der Waals surface area contributed by atoms with E-state index in [0.29, 0.717) is 0 Å². The Morgan fingerprint density at radius 1 is 0.857 bits per heavy atom. The summed E-state index contributed by atoms with van der Waals surface area (Å²) in [5, 5.41) is 0. The Hall–Kier alpha value is -0.340. The molecule has 74 valence electrons. The van der Waals surface area contributed by atoms with Gasteiger partial charge in [0, 0.05) is 12.8 Å². The van der Waals surface area contributed by atoms with Gasteiger partial charge >= 0.3 is 0 Å². The zero-order valence-electron chi connectivity index (χ0n) is 7.89. The second-order valence-electron chi connectivity index (χ2n) is 3.20. The van der Waals surface area contributed by atoms with Crippen LogP contribution in [0.5, 0.6) is 0 Å². The molecule has 0 bridgehead atoms. The molecule has 0 aromatic heterocycles. The van der Waals surface area contributed by atoms with Crippen LogP contribution in [-0.2, 0) is 12.8 Å². The number of benzene rings is 1. The molecule has 0 atom stereocenters. The van der Waals surface area contributed by atoms with Crippen molar-refractivity contribution in [1.82, 2.24) is 0 Å². The summed E-state index contributed by atoms with van der Waals surface area (Å²) < 4.78 is 2.02. The van der Waals surface area contributed by atoms with Crippen molar-refractivity contribution in [3.8, 4) is 0 Å². The summed E-state index contributed by atoms with van der Waals surface area (Å²) in [6, 6.07) is 8.49. The lowest BCUT2D eigenvalue weighted by Crippen LogP contribution is -1.87. The molecule has 0 saturated heterocycles. The third-order valence-corrected chi connectivity index (χ3v) is 2.38. The Morgan fingerprint density at radius 2 is 1.14 bits per heavy atom. The molecular weight excluding hydrogens is 304 g/mol. The highest BCUT2D eigenvalue weighted by molar-refractivity contribution is 9.12. The van der Waals surface area contributed by atoms with Crippen LogP contribution in [0.25, 0.3) is 0 Å². The van der Waals surface area contributed by atoms with Gasteiger partial charge in [0.2, 0.25) is 0 Å². The number of hydrogen-bond donors (Lipinski definition) is 0. The first kappa shape index (κ1) is 11.7. The smallest absolute Gasteiger partial charge is 0.00347 e. The van der Waals surface area contributed by atoms with E-state index in [2.05, 4.69) is 69.3 Å². The van der Waals surface area contributed by atoms with Crippen LogP contribution in [0.1, 0.15) is 11.1 Å². The van der Waals surface area contributed by atoms with Gasteiger partial charge in [0.1, 0.15) is 0 Å². The fraction of sp³-hybridized carbons (Fsp3) is 0.167. The predicted octanol–water partition coefficient (Wildman–Crippen LogP) is 4.59. The van der Waals surface area contributed by atoms with E-state index in [1.165, 1.54) is 11.1 Å². The van der Waals surface area contributed by atoms with Crippen molar-refractivity contribution < 1.29 is 0 Å². The van der Waals surface area contributed by atoms with Crippen LogP contribution in [-0.4, -0.2) is 0 Å². The van der Waals surface area contributed by atoms with Gasteiger partial charge in [-0.15, -0.1) is 0 Å². The van der Waals surface area contributed by atoms with Crippen LogP contribution in [0.3, 0.4) is 0 Å². The molecule has 0 aliphatic heterocycles. The molecule has 0 radical (unpaired) electrons. The van der Waals surface area contributed by atoms with E-state index in [1.807, 2.05) is 0 Å². The van der Waals surface area contributed by atoms with Crippen LogP contribution < -0.4 is 0 Å². The monoisotopic (exact) mass is 314 g/mol. The molecule has 14 heavy (non-hydrogen) atoms. The molecule has 1 aromatic rings. The van der Waals surface area contributed by atoms with Crippen molar-refractivity contribution >= 4 is 31.9 Å². The Balaban J connectivity index is 2.68. The van der Waals surface area contributed by atoms with Crippen LogP contribution >= 0.6 is 31.9 Å². The van der Waals surface area contributed by atoms with Gasteiger partial charge in [0.15, 0.2) is 0 Å². The first-order chi connectivity index (χ1) is 6.58. The molecule has 0 heterocycles. The lowest BCUT2D eigenvalue weighted by atomic mass is 10.1. The van der Waals surface area contributed by atoms with Gasteiger partial charge in [-0.25, -0.2) is 0 Å². The molecule has 0 saturated carbocycles. The predicted molar refractivity (Wildman–Crippen MR) is 70.0 cm³/mol. The maximum Gasteiger partial charge on any atom is 0.00347 e. The Morgan fingerprint density at radius 3 is 1.36 bits per heavy atom. The summed E-state index contributed by atoms with van der Waals surface area (Å²) in [6.07, 6.45) is 1.77. The minimum absolute atomic E-state index is 0.884. The van der Waals surface area contributed by atoms with Crippen molar-refractivity contribution in [3.05, 3.63) is 57.5 Å². The number of allylic oxidation sites excluding steroid dienone is 2. The lowest BCUT2D eigenvalue weighted by Gasteiger charge is -2.02. The third kappa shape index (κ3) is 4.25. The molecule has 0 unspecified atom stereocenters. The van der Waals surface area contributed by atoms with Crippen molar-refractivity contribution in [1.29, 1.82) is 0 Å². The Kier molecular flexibility index (Phi) is 4.63. The maximum atomic E-state index is 3.82. The van der Waals surface area contributed by atoms with Crippen LogP contribution in [0, 0.1) is 0 Å². The SMILES string of the molecule is C=C(Br)Cc1ccc(CC(=C)Br)cc1. The number of hydrogen-bond acceptors (Lipinski definition) is 0. The van der Waals surface area contributed by atoms with Gasteiger partial charge in [-0.3, -0.25) is 0 Å². The second-order valence-corrected chi connectivity index (χ2v) is 5.45. The van der Waals surface area contributed by atoms with Crippen molar-refractivity contribution in [2.75, 3.05) is 0 Å². The summed E-state index contributed by atoms with van der Waals surface area (Å²) in [5.74, 6) is 0. The zero-order chi connectivity index (χ0) is 10.6. The average molecular weight is 316 g/mol. The van der Waals surface area contributed by atoms with E-state index < -0.39 is 0 Å². The zero-order valence-corrected chi connectivity index (χ0v) is 11.1. The van der Waals surface area contributed by atoms with E-state index in [-0.39, 0.29) is 0 Å².